The van der Waals surface area contributed by atoms with Crippen LogP contribution < -0.4 is 4.74 Å². The van der Waals surface area contributed by atoms with Gasteiger partial charge in [-0.1, -0.05) is 12.1 Å². The third-order valence-electron chi connectivity index (χ3n) is 2.50. The molecule has 0 aliphatic heterocycles. The monoisotopic (exact) mass is 274 g/mol. The van der Waals surface area contributed by atoms with E-state index in [2.05, 4.69) is 4.74 Å². The first kappa shape index (κ1) is 15.1. The third kappa shape index (κ3) is 5.03. The van der Waals surface area contributed by atoms with Gasteiger partial charge in [0.2, 0.25) is 5.83 Å². The van der Waals surface area contributed by atoms with E-state index in [-0.39, 0.29) is 17.7 Å². The van der Waals surface area contributed by atoms with Crippen molar-refractivity contribution in [3.63, 3.8) is 0 Å². The Hall–Kier alpha value is -1.98. The summed E-state index contributed by atoms with van der Waals surface area (Å²) < 4.78 is 41.0. The molecule has 0 radical (unpaired) electrons. The van der Waals surface area contributed by atoms with E-state index in [0.717, 1.165) is 5.56 Å². The van der Waals surface area contributed by atoms with Crippen molar-refractivity contribution in [3.05, 3.63) is 41.2 Å². The average Bonchev–Trinajstić information content (AvgIpc) is 2.35. The van der Waals surface area contributed by atoms with Gasteiger partial charge in [0, 0.05) is 0 Å². The Morgan fingerprint density at radius 2 is 1.89 bits per heavy atom. The number of aliphatic carboxylic acids is 1. The summed E-state index contributed by atoms with van der Waals surface area (Å²) in [5, 5.41) is 8.45. The van der Waals surface area contributed by atoms with Gasteiger partial charge in [0.1, 0.15) is 5.75 Å². The van der Waals surface area contributed by atoms with E-state index in [0.29, 0.717) is 6.42 Å². The summed E-state index contributed by atoms with van der Waals surface area (Å²) in [4.78, 5) is 10.4. The highest BCUT2D eigenvalue weighted by Gasteiger charge is 2.10. The predicted molar refractivity (Wildman–Crippen MR) is 62.8 cm³/mol. The van der Waals surface area contributed by atoms with Crippen LogP contribution in [-0.2, 0) is 11.2 Å². The molecule has 0 amide bonds. The zero-order valence-electron chi connectivity index (χ0n) is 10.2. The number of hydrogen-bond donors (Lipinski definition) is 1. The van der Waals surface area contributed by atoms with Crippen molar-refractivity contribution < 1.29 is 27.8 Å². The fraction of sp³-hybridized carbons (Fsp3) is 0.308. The second-order valence-corrected chi connectivity index (χ2v) is 3.92. The predicted octanol–water partition coefficient (Wildman–Crippen LogP) is 3.55. The van der Waals surface area contributed by atoms with E-state index in [4.69, 9.17) is 5.11 Å². The fourth-order valence-corrected chi connectivity index (χ4v) is 1.46. The normalized spacial score (nSPS) is 12.3. The summed E-state index contributed by atoms with van der Waals surface area (Å²) in [6, 6.07) is 5.91. The molecule has 1 aromatic rings. The summed E-state index contributed by atoms with van der Waals surface area (Å²) in [5.74, 6) is -2.70. The Balaban J connectivity index is 2.59. The largest absolute Gasteiger partial charge is 0.476 e. The van der Waals surface area contributed by atoms with E-state index < -0.39 is 18.4 Å². The van der Waals surface area contributed by atoms with Crippen molar-refractivity contribution in [1.29, 1.82) is 0 Å². The van der Waals surface area contributed by atoms with Crippen LogP contribution in [0, 0.1) is 0 Å². The molecular weight excluding hydrogens is 261 g/mol. The minimum absolute atomic E-state index is 0.0442. The van der Waals surface area contributed by atoms with Gasteiger partial charge in [-0.3, -0.25) is 0 Å². The molecule has 0 aliphatic carbocycles. The molecule has 0 saturated heterocycles. The number of ether oxygens (including phenoxy) is 1. The third-order valence-corrected chi connectivity index (χ3v) is 2.50. The van der Waals surface area contributed by atoms with E-state index in [1.165, 1.54) is 19.1 Å². The van der Waals surface area contributed by atoms with Crippen LogP contribution in [0.15, 0.2) is 35.7 Å². The SMILES string of the molecule is CC(CCc1ccc(OC(F)F)cc1)=C(F)C(=O)O. The summed E-state index contributed by atoms with van der Waals surface area (Å²) >= 11 is 0. The highest BCUT2D eigenvalue weighted by Crippen LogP contribution is 2.18. The molecule has 0 aliphatic rings. The van der Waals surface area contributed by atoms with Gasteiger partial charge in [-0.25, -0.2) is 4.79 Å². The molecule has 0 fully saturated rings. The number of benzene rings is 1. The van der Waals surface area contributed by atoms with Crippen LogP contribution in [0.25, 0.3) is 0 Å². The lowest BCUT2D eigenvalue weighted by molar-refractivity contribution is -0.134. The molecule has 0 aromatic heterocycles. The second-order valence-electron chi connectivity index (χ2n) is 3.92. The lowest BCUT2D eigenvalue weighted by Gasteiger charge is -2.06. The van der Waals surface area contributed by atoms with Crippen LogP contribution in [0.1, 0.15) is 18.9 Å². The van der Waals surface area contributed by atoms with Crippen LogP contribution in [0.5, 0.6) is 5.75 Å². The minimum atomic E-state index is -2.87. The molecule has 3 nitrogen and oxygen atoms in total. The summed E-state index contributed by atoms with van der Waals surface area (Å²) in [7, 11) is 0. The zero-order chi connectivity index (χ0) is 14.4. The highest BCUT2D eigenvalue weighted by molar-refractivity contribution is 5.84. The maximum Gasteiger partial charge on any atom is 0.387 e. The Bertz CT molecular complexity index is 467. The van der Waals surface area contributed by atoms with Crippen molar-refractivity contribution >= 4 is 5.97 Å². The molecule has 0 spiro atoms. The number of carbonyl (C=O) groups is 1. The van der Waals surface area contributed by atoms with Gasteiger partial charge < -0.3 is 9.84 Å². The zero-order valence-corrected chi connectivity index (χ0v) is 10.2. The quantitative estimate of drug-likeness (QED) is 0.807. The van der Waals surface area contributed by atoms with E-state index in [9.17, 15) is 18.0 Å². The van der Waals surface area contributed by atoms with Gasteiger partial charge >= 0.3 is 12.6 Å². The lowest BCUT2D eigenvalue weighted by atomic mass is 10.0. The minimum Gasteiger partial charge on any atom is -0.476 e. The molecular formula is C13H13F3O3. The van der Waals surface area contributed by atoms with Crippen LogP contribution in [-0.4, -0.2) is 17.7 Å². The van der Waals surface area contributed by atoms with Crippen molar-refractivity contribution in [2.75, 3.05) is 0 Å². The van der Waals surface area contributed by atoms with Crippen LogP contribution >= 0.6 is 0 Å². The number of carboxylic acid groups (broad SMARTS) is 1. The van der Waals surface area contributed by atoms with E-state index in [1.807, 2.05) is 0 Å². The second kappa shape index (κ2) is 6.82. The Morgan fingerprint density at radius 1 is 1.32 bits per heavy atom. The first-order valence-electron chi connectivity index (χ1n) is 5.52. The smallest absolute Gasteiger partial charge is 0.387 e. The number of alkyl halides is 2. The van der Waals surface area contributed by atoms with Crippen LogP contribution in [0.2, 0.25) is 0 Å². The molecule has 6 heteroatoms. The molecule has 0 atom stereocenters. The number of carboxylic acids is 1. The van der Waals surface area contributed by atoms with Crippen molar-refractivity contribution in [2.45, 2.75) is 26.4 Å². The van der Waals surface area contributed by atoms with Gasteiger partial charge in [0.05, 0.1) is 0 Å². The van der Waals surface area contributed by atoms with Gasteiger partial charge in [-0.15, -0.1) is 0 Å². The number of allylic oxidation sites excluding steroid dienone is 1. The summed E-state index contributed by atoms with van der Waals surface area (Å²) in [5.41, 5.74) is 0.916. The summed E-state index contributed by atoms with van der Waals surface area (Å²) in [6.45, 7) is -1.47. The summed E-state index contributed by atoms with van der Waals surface area (Å²) in [6.07, 6.45) is 0.661. The highest BCUT2D eigenvalue weighted by atomic mass is 19.3. The first-order valence-corrected chi connectivity index (χ1v) is 5.52. The Kier molecular flexibility index (Phi) is 5.41. The molecule has 1 N–H and O–H groups in total. The van der Waals surface area contributed by atoms with Crippen molar-refractivity contribution in [1.82, 2.24) is 0 Å². The van der Waals surface area contributed by atoms with Crippen LogP contribution in [0.3, 0.4) is 0 Å². The standard InChI is InChI=1S/C13H13F3O3/c1-8(11(14)12(17)18)2-3-9-4-6-10(7-5-9)19-13(15)16/h4-7,13H,2-3H2,1H3,(H,17,18). The lowest BCUT2D eigenvalue weighted by Crippen LogP contribution is -2.02. The molecule has 1 aromatic carbocycles. The molecule has 0 unspecified atom stereocenters. The van der Waals surface area contributed by atoms with Gasteiger partial charge in [-0.05, 0) is 43.0 Å². The maximum atomic E-state index is 13.0. The number of aryl methyl sites for hydroxylation is 1. The van der Waals surface area contributed by atoms with Gasteiger partial charge in [-0.2, -0.15) is 13.2 Å². The average molecular weight is 274 g/mol. The van der Waals surface area contributed by atoms with Crippen LogP contribution in [0.4, 0.5) is 13.2 Å². The van der Waals surface area contributed by atoms with Crippen molar-refractivity contribution in [3.8, 4) is 5.75 Å². The molecule has 0 saturated carbocycles. The van der Waals surface area contributed by atoms with Crippen molar-refractivity contribution in [2.24, 2.45) is 0 Å². The first-order chi connectivity index (χ1) is 8.90. The topological polar surface area (TPSA) is 46.5 Å². The molecule has 1 rings (SSSR count). The number of hydrogen-bond acceptors (Lipinski definition) is 2. The van der Waals surface area contributed by atoms with Gasteiger partial charge in [0.25, 0.3) is 0 Å². The fourth-order valence-electron chi connectivity index (χ4n) is 1.46. The molecule has 104 valence electrons. The Morgan fingerprint density at radius 3 is 2.37 bits per heavy atom. The molecule has 0 bridgehead atoms. The molecule has 0 heterocycles. The maximum absolute atomic E-state index is 13.0. The Labute approximate surface area is 108 Å². The van der Waals surface area contributed by atoms with E-state index in [1.54, 1.807) is 12.1 Å². The van der Waals surface area contributed by atoms with Gasteiger partial charge in [0.15, 0.2) is 0 Å². The number of halogens is 3. The number of rotatable bonds is 6. The van der Waals surface area contributed by atoms with E-state index >= 15 is 0 Å². The molecule has 19 heavy (non-hydrogen) atoms.